The van der Waals surface area contributed by atoms with E-state index in [1.54, 1.807) is 13.8 Å². The second-order valence-corrected chi connectivity index (χ2v) is 5.99. The fourth-order valence-electron chi connectivity index (χ4n) is 3.04. The summed E-state index contributed by atoms with van der Waals surface area (Å²) in [6.45, 7) is 7.18. The molecule has 0 radical (unpaired) electrons. The Morgan fingerprint density at radius 3 is 2.58 bits per heavy atom. The van der Waals surface area contributed by atoms with E-state index in [0.29, 0.717) is 34.0 Å². The average Bonchev–Trinajstić information content (AvgIpc) is 3.10. The second-order valence-electron chi connectivity index (χ2n) is 5.99. The zero-order chi connectivity index (χ0) is 17.4. The summed E-state index contributed by atoms with van der Waals surface area (Å²) in [6, 6.07) is 5.38. The molecule has 3 rings (SSSR count). The smallest absolute Gasteiger partial charge is 0.268 e. The number of nitrogens with one attached hydrogen (secondary N) is 2. The van der Waals surface area contributed by atoms with Crippen molar-refractivity contribution < 1.29 is 19.1 Å². The number of Topliss-reactive ketones (excluding diaryl/α,β-unsaturated/α-hetero) is 1. The molecule has 0 unspecified atom stereocenters. The molecule has 1 aromatic heterocycles. The summed E-state index contributed by atoms with van der Waals surface area (Å²) in [6.07, 6.45) is 0. The van der Waals surface area contributed by atoms with Gasteiger partial charge in [0.2, 0.25) is 6.79 Å². The van der Waals surface area contributed by atoms with E-state index in [1.807, 2.05) is 25.1 Å². The molecule has 2 N–H and O–H groups in total. The number of H-pyrrole nitrogens is 1. The number of ketones is 1. The maximum absolute atomic E-state index is 12.6. The molecule has 24 heavy (non-hydrogen) atoms. The molecule has 0 bridgehead atoms. The Kier molecular flexibility index (Phi) is 4.05. The third-order valence-electron chi connectivity index (χ3n) is 4.26. The topological polar surface area (TPSA) is 80.4 Å². The maximum atomic E-state index is 12.6. The van der Waals surface area contributed by atoms with Crippen molar-refractivity contribution in [1.82, 2.24) is 10.3 Å². The summed E-state index contributed by atoms with van der Waals surface area (Å²) in [7, 11) is 0. The van der Waals surface area contributed by atoms with Crippen LogP contribution in [0.1, 0.15) is 57.6 Å². The maximum Gasteiger partial charge on any atom is 0.268 e. The number of carbonyl (C=O) groups excluding carboxylic acids is 2. The zero-order valence-corrected chi connectivity index (χ0v) is 14.1. The lowest BCUT2D eigenvalue weighted by atomic mass is 10.1. The second kappa shape index (κ2) is 6.03. The minimum atomic E-state index is -0.242. The summed E-state index contributed by atoms with van der Waals surface area (Å²) in [5.74, 6) is 1.09. The van der Waals surface area contributed by atoms with Gasteiger partial charge in [0.1, 0.15) is 5.69 Å². The minimum absolute atomic E-state index is 0.0517. The predicted molar refractivity (Wildman–Crippen MR) is 88.7 cm³/mol. The van der Waals surface area contributed by atoms with Crippen LogP contribution in [0.4, 0.5) is 0 Å². The van der Waals surface area contributed by atoms with E-state index < -0.39 is 0 Å². The number of aromatic amines is 1. The molecule has 0 fully saturated rings. The van der Waals surface area contributed by atoms with Gasteiger partial charge in [0.15, 0.2) is 17.3 Å². The lowest BCUT2D eigenvalue weighted by Crippen LogP contribution is -2.27. The molecule has 1 aliphatic heterocycles. The molecular weight excluding hydrogens is 308 g/mol. The van der Waals surface area contributed by atoms with Gasteiger partial charge in [-0.3, -0.25) is 9.59 Å². The van der Waals surface area contributed by atoms with Crippen LogP contribution in [0.15, 0.2) is 18.2 Å². The number of carbonyl (C=O) groups is 2. The number of rotatable bonds is 4. The first-order valence-electron chi connectivity index (χ1n) is 7.79. The van der Waals surface area contributed by atoms with E-state index in [2.05, 4.69) is 10.3 Å². The van der Waals surface area contributed by atoms with Gasteiger partial charge in [0, 0.05) is 11.3 Å². The van der Waals surface area contributed by atoms with Gasteiger partial charge >= 0.3 is 0 Å². The van der Waals surface area contributed by atoms with Crippen LogP contribution >= 0.6 is 0 Å². The Balaban J connectivity index is 1.80. The van der Waals surface area contributed by atoms with Gasteiger partial charge in [-0.15, -0.1) is 0 Å². The third-order valence-corrected chi connectivity index (χ3v) is 4.26. The first kappa shape index (κ1) is 16.1. The highest BCUT2D eigenvalue weighted by Gasteiger charge is 2.22. The standard InChI is InChI=1S/C18H20N2O4/c1-9-16(12(4)21)11(3)19-17(9)18(22)20-10(2)13-5-6-14-15(7-13)24-8-23-14/h5-7,10,19H,8H2,1-4H3,(H,20,22)/t10-/m1/s1. The normalized spacial score (nSPS) is 13.7. The van der Waals surface area contributed by atoms with E-state index in [0.717, 1.165) is 5.56 Å². The van der Waals surface area contributed by atoms with Crippen LogP contribution in [0.25, 0.3) is 0 Å². The summed E-state index contributed by atoms with van der Waals surface area (Å²) >= 11 is 0. The number of aryl methyl sites for hydroxylation is 1. The SMILES string of the molecule is CC(=O)c1c(C)[nH]c(C(=O)N[C@H](C)c2ccc3c(c2)OCO3)c1C. The van der Waals surface area contributed by atoms with Crippen LogP contribution in [0, 0.1) is 13.8 Å². The largest absolute Gasteiger partial charge is 0.454 e. The van der Waals surface area contributed by atoms with E-state index in [4.69, 9.17) is 9.47 Å². The van der Waals surface area contributed by atoms with Crippen molar-refractivity contribution in [3.05, 3.63) is 46.3 Å². The summed E-state index contributed by atoms with van der Waals surface area (Å²) < 4.78 is 10.7. The van der Waals surface area contributed by atoms with E-state index >= 15 is 0 Å². The monoisotopic (exact) mass is 328 g/mol. The Bertz CT molecular complexity index is 823. The number of hydrogen-bond acceptors (Lipinski definition) is 4. The lowest BCUT2D eigenvalue weighted by Gasteiger charge is -2.14. The molecule has 6 nitrogen and oxygen atoms in total. The lowest BCUT2D eigenvalue weighted by molar-refractivity contribution is 0.0934. The van der Waals surface area contributed by atoms with Crippen LogP contribution in [-0.4, -0.2) is 23.5 Å². The number of benzene rings is 1. The van der Waals surface area contributed by atoms with Crippen LogP contribution < -0.4 is 14.8 Å². The zero-order valence-electron chi connectivity index (χ0n) is 14.1. The quantitative estimate of drug-likeness (QED) is 0.845. The van der Waals surface area contributed by atoms with E-state index in [9.17, 15) is 9.59 Å². The predicted octanol–water partition coefficient (Wildman–Crippen LogP) is 3.05. The molecule has 0 spiro atoms. The summed E-state index contributed by atoms with van der Waals surface area (Å²) in [5, 5.41) is 2.95. The highest BCUT2D eigenvalue weighted by atomic mass is 16.7. The van der Waals surface area contributed by atoms with Crippen molar-refractivity contribution in [2.75, 3.05) is 6.79 Å². The highest BCUT2D eigenvalue weighted by molar-refractivity contribution is 6.02. The van der Waals surface area contributed by atoms with Gasteiger partial charge in [-0.2, -0.15) is 0 Å². The van der Waals surface area contributed by atoms with Crippen LogP contribution in [0.3, 0.4) is 0 Å². The minimum Gasteiger partial charge on any atom is -0.454 e. The van der Waals surface area contributed by atoms with Crippen molar-refractivity contribution in [1.29, 1.82) is 0 Å². The van der Waals surface area contributed by atoms with E-state index in [1.165, 1.54) is 6.92 Å². The van der Waals surface area contributed by atoms with Crippen LogP contribution in [0.2, 0.25) is 0 Å². The van der Waals surface area contributed by atoms with Gasteiger partial charge < -0.3 is 19.8 Å². The van der Waals surface area contributed by atoms with Crippen molar-refractivity contribution in [2.45, 2.75) is 33.7 Å². The van der Waals surface area contributed by atoms with Crippen molar-refractivity contribution in [3.8, 4) is 11.5 Å². The Labute approximate surface area is 140 Å². The van der Waals surface area contributed by atoms with Crippen molar-refractivity contribution in [3.63, 3.8) is 0 Å². The molecule has 1 aliphatic rings. The number of hydrogen-bond donors (Lipinski definition) is 2. The average molecular weight is 328 g/mol. The van der Waals surface area contributed by atoms with Crippen LogP contribution in [0.5, 0.6) is 11.5 Å². The fraction of sp³-hybridized carbons (Fsp3) is 0.333. The van der Waals surface area contributed by atoms with Gasteiger partial charge in [-0.25, -0.2) is 0 Å². The van der Waals surface area contributed by atoms with Gasteiger partial charge in [-0.1, -0.05) is 6.07 Å². The first-order chi connectivity index (χ1) is 11.4. The number of ether oxygens (including phenoxy) is 2. The molecule has 1 atom stereocenters. The number of aromatic nitrogens is 1. The Morgan fingerprint density at radius 1 is 1.21 bits per heavy atom. The van der Waals surface area contributed by atoms with Crippen molar-refractivity contribution >= 4 is 11.7 Å². The molecule has 1 aromatic carbocycles. The summed E-state index contributed by atoms with van der Waals surface area (Å²) in [4.78, 5) is 27.3. The Morgan fingerprint density at radius 2 is 1.92 bits per heavy atom. The van der Waals surface area contributed by atoms with Crippen molar-refractivity contribution in [2.24, 2.45) is 0 Å². The molecule has 0 aliphatic carbocycles. The summed E-state index contributed by atoms with van der Waals surface area (Å²) in [5.41, 5.74) is 3.30. The van der Waals surface area contributed by atoms with Gasteiger partial charge in [0.05, 0.1) is 6.04 Å². The molecule has 0 saturated heterocycles. The van der Waals surface area contributed by atoms with Gasteiger partial charge in [-0.05, 0) is 51.0 Å². The Hall–Kier alpha value is -2.76. The highest BCUT2D eigenvalue weighted by Crippen LogP contribution is 2.34. The van der Waals surface area contributed by atoms with Crippen LogP contribution in [-0.2, 0) is 0 Å². The molecule has 6 heteroatoms. The molecule has 0 saturated carbocycles. The van der Waals surface area contributed by atoms with E-state index in [-0.39, 0.29) is 24.5 Å². The number of amides is 1. The molecule has 2 heterocycles. The number of fused-ring (bicyclic) bond motifs is 1. The first-order valence-corrected chi connectivity index (χ1v) is 7.79. The fourth-order valence-corrected chi connectivity index (χ4v) is 3.04. The molecular formula is C18H20N2O4. The molecule has 126 valence electrons. The van der Waals surface area contributed by atoms with Gasteiger partial charge in [0.25, 0.3) is 5.91 Å². The third kappa shape index (κ3) is 2.75. The molecule has 1 amide bonds. The molecule has 2 aromatic rings.